The van der Waals surface area contributed by atoms with E-state index in [2.05, 4.69) is 15.8 Å². The number of para-hydroxylation sites is 1. The van der Waals surface area contributed by atoms with Crippen molar-refractivity contribution in [1.29, 1.82) is 5.41 Å². The van der Waals surface area contributed by atoms with Crippen molar-refractivity contribution in [2.45, 2.75) is 4.21 Å². The SMILES string of the molecule is CSc1sc(C(=N)N)cc1-c1nc(NNc2ccccc2F)cs1. The third-order valence-electron chi connectivity index (χ3n) is 3.08. The molecule has 3 aromatic rings. The van der Waals surface area contributed by atoms with Crippen LogP contribution in [0.2, 0.25) is 0 Å². The minimum Gasteiger partial charge on any atom is -0.383 e. The van der Waals surface area contributed by atoms with E-state index in [1.54, 1.807) is 30.0 Å². The second-order valence-electron chi connectivity index (χ2n) is 4.70. The molecule has 0 aliphatic heterocycles. The highest BCUT2D eigenvalue weighted by Gasteiger charge is 2.15. The van der Waals surface area contributed by atoms with Gasteiger partial charge in [-0.1, -0.05) is 12.1 Å². The Morgan fingerprint density at radius 3 is 2.83 bits per heavy atom. The molecule has 3 rings (SSSR count). The van der Waals surface area contributed by atoms with Crippen molar-refractivity contribution in [2.24, 2.45) is 5.73 Å². The summed E-state index contributed by atoms with van der Waals surface area (Å²) in [6, 6.07) is 8.29. The average Bonchev–Trinajstić information content (AvgIpc) is 3.20. The quantitative estimate of drug-likeness (QED) is 0.220. The van der Waals surface area contributed by atoms with Gasteiger partial charge in [-0.3, -0.25) is 16.3 Å². The first-order valence-corrected chi connectivity index (χ1v) is 9.75. The first-order valence-electron chi connectivity index (χ1n) is 6.83. The van der Waals surface area contributed by atoms with Crippen LogP contribution >= 0.6 is 34.4 Å². The molecule has 24 heavy (non-hydrogen) atoms. The van der Waals surface area contributed by atoms with Gasteiger partial charge in [-0.2, -0.15) is 0 Å². The van der Waals surface area contributed by atoms with Gasteiger partial charge in [0.05, 0.1) is 14.8 Å². The molecule has 0 bridgehead atoms. The van der Waals surface area contributed by atoms with E-state index >= 15 is 0 Å². The van der Waals surface area contributed by atoms with Crippen molar-refractivity contribution in [3.8, 4) is 10.6 Å². The fraction of sp³-hybridized carbons (Fsp3) is 0.0667. The van der Waals surface area contributed by atoms with Crippen LogP contribution < -0.4 is 16.6 Å². The van der Waals surface area contributed by atoms with Crippen molar-refractivity contribution in [3.05, 3.63) is 46.4 Å². The first kappa shape index (κ1) is 16.7. The maximum absolute atomic E-state index is 13.6. The molecular weight excluding hydrogens is 365 g/mol. The minimum absolute atomic E-state index is 0.0534. The predicted octanol–water partition coefficient (Wildman–Crippen LogP) is 4.46. The molecule has 0 unspecified atom stereocenters. The molecule has 0 amide bonds. The number of aromatic nitrogens is 1. The molecule has 124 valence electrons. The molecule has 0 saturated carbocycles. The van der Waals surface area contributed by atoms with Crippen LogP contribution in [0, 0.1) is 11.2 Å². The van der Waals surface area contributed by atoms with E-state index < -0.39 is 0 Å². The molecule has 2 heterocycles. The molecule has 0 fully saturated rings. The van der Waals surface area contributed by atoms with Gasteiger partial charge in [-0.05, 0) is 24.5 Å². The number of hydrogen-bond acceptors (Lipinski definition) is 7. The maximum Gasteiger partial charge on any atom is 0.156 e. The van der Waals surface area contributed by atoms with Crippen LogP contribution in [0.1, 0.15) is 4.88 Å². The van der Waals surface area contributed by atoms with Crippen molar-refractivity contribution in [1.82, 2.24) is 4.98 Å². The third kappa shape index (κ3) is 3.53. The van der Waals surface area contributed by atoms with Gasteiger partial charge in [0.2, 0.25) is 0 Å². The van der Waals surface area contributed by atoms with Crippen LogP contribution in [0.25, 0.3) is 10.6 Å². The summed E-state index contributed by atoms with van der Waals surface area (Å²) in [5, 5.41) is 10.2. The highest BCUT2D eigenvalue weighted by Crippen LogP contribution is 2.39. The van der Waals surface area contributed by atoms with E-state index in [0.29, 0.717) is 11.5 Å². The zero-order valence-electron chi connectivity index (χ0n) is 12.6. The van der Waals surface area contributed by atoms with E-state index in [1.807, 2.05) is 17.7 Å². The van der Waals surface area contributed by atoms with Gasteiger partial charge in [-0.25, -0.2) is 9.37 Å². The topological polar surface area (TPSA) is 86.8 Å². The molecule has 2 aromatic heterocycles. The maximum atomic E-state index is 13.6. The molecule has 5 nitrogen and oxygen atoms in total. The van der Waals surface area contributed by atoms with Crippen molar-refractivity contribution >= 4 is 51.8 Å². The molecule has 0 saturated heterocycles. The number of benzene rings is 1. The summed E-state index contributed by atoms with van der Waals surface area (Å²) in [5.41, 5.74) is 12.6. The number of nitrogens with two attached hydrogens (primary N) is 1. The van der Waals surface area contributed by atoms with Crippen molar-refractivity contribution in [2.75, 3.05) is 17.1 Å². The van der Waals surface area contributed by atoms with Crippen LogP contribution in [0.4, 0.5) is 15.9 Å². The lowest BCUT2D eigenvalue weighted by Gasteiger charge is -2.07. The van der Waals surface area contributed by atoms with E-state index in [-0.39, 0.29) is 11.7 Å². The fourth-order valence-electron chi connectivity index (χ4n) is 1.96. The Hall–Kier alpha value is -2.10. The van der Waals surface area contributed by atoms with Gasteiger partial charge in [0.25, 0.3) is 0 Å². The van der Waals surface area contributed by atoms with Crippen molar-refractivity contribution < 1.29 is 4.39 Å². The van der Waals surface area contributed by atoms with E-state index in [1.165, 1.54) is 28.7 Å². The van der Waals surface area contributed by atoms with Gasteiger partial charge in [0.15, 0.2) is 5.82 Å². The van der Waals surface area contributed by atoms with Gasteiger partial charge < -0.3 is 5.73 Å². The number of nitrogens with zero attached hydrogens (tertiary/aromatic N) is 1. The summed E-state index contributed by atoms with van der Waals surface area (Å²) >= 11 is 4.55. The summed E-state index contributed by atoms with van der Waals surface area (Å²) in [6.07, 6.45) is 1.98. The van der Waals surface area contributed by atoms with Crippen LogP contribution in [0.5, 0.6) is 0 Å². The average molecular weight is 380 g/mol. The Labute approximate surface area is 150 Å². The minimum atomic E-state index is -0.339. The monoisotopic (exact) mass is 379 g/mol. The Morgan fingerprint density at radius 2 is 2.12 bits per heavy atom. The summed E-state index contributed by atoms with van der Waals surface area (Å²) in [5.74, 6) is 0.313. The van der Waals surface area contributed by atoms with Gasteiger partial charge in [0.1, 0.15) is 16.7 Å². The Morgan fingerprint density at radius 1 is 1.33 bits per heavy atom. The number of amidine groups is 1. The molecule has 9 heteroatoms. The number of rotatable bonds is 6. The lowest BCUT2D eigenvalue weighted by molar-refractivity contribution is 0.631. The van der Waals surface area contributed by atoms with Gasteiger partial charge >= 0.3 is 0 Å². The van der Waals surface area contributed by atoms with Gasteiger partial charge in [-0.15, -0.1) is 34.4 Å². The first-order chi connectivity index (χ1) is 11.6. The normalized spacial score (nSPS) is 10.6. The van der Waals surface area contributed by atoms with Crippen molar-refractivity contribution in [3.63, 3.8) is 0 Å². The van der Waals surface area contributed by atoms with Gasteiger partial charge in [0, 0.05) is 10.9 Å². The lowest BCUT2D eigenvalue weighted by atomic mass is 10.3. The van der Waals surface area contributed by atoms with Crippen LogP contribution in [0.15, 0.2) is 39.9 Å². The van der Waals surface area contributed by atoms with Crippen LogP contribution in [-0.4, -0.2) is 17.1 Å². The Bertz CT molecular complexity index is 874. The molecule has 5 N–H and O–H groups in total. The zero-order valence-corrected chi connectivity index (χ0v) is 15.0. The number of thiophene rings is 1. The second kappa shape index (κ2) is 7.20. The van der Waals surface area contributed by atoms with Crippen LogP contribution in [-0.2, 0) is 0 Å². The predicted molar refractivity (Wildman–Crippen MR) is 102 cm³/mol. The Balaban J connectivity index is 1.78. The number of nitrogens with one attached hydrogen (secondary N) is 3. The molecule has 0 aliphatic rings. The Kier molecular flexibility index (Phi) is 5.03. The standard InChI is InChI=1S/C15H14FN5S3/c1-22-15-8(6-11(24-15)13(17)18)14-19-12(7-23-14)21-20-10-5-3-2-4-9(10)16/h2-7,20-21H,1H3,(H3,17,18). The number of halogens is 1. The smallest absolute Gasteiger partial charge is 0.156 e. The number of thioether (sulfide) groups is 1. The van der Waals surface area contributed by atoms with E-state index in [4.69, 9.17) is 11.1 Å². The molecule has 0 spiro atoms. The number of hydrogen-bond donors (Lipinski definition) is 4. The summed E-state index contributed by atoms with van der Waals surface area (Å²) < 4.78 is 14.6. The summed E-state index contributed by atoms with van der Waals surface area (Å²) in [7, 11) is 0. The number of anilines is 2. The van der Waals surface area contributed by atoms with E-state index in [0.717, 1.165) is 19.7 Å². The number of nitrogen functional groups attached to an aromatic ring is 1. The fourth-order valence-corrected chi connectivity index (χ4v) is 4.59. The number of hydrazine groups is 1. The number of thiazole rings is 1. The lowest BCUT2D eigenvalue weighted by Crippen LogP contribution is -2.10. The highest BCUT2D eigenvalue weighted by molar-refractivity contribution is 8.00. The second-order valence-corrected chi connectivity index (χ2v) is 7.68. The van der Waals surface area contributed by atoms with E-state index in [9.17, 15) is 4.39 Å². The largest absolute Gasteiger partial charge is 0.383 e. The molecule has 0 aliphatic carbocycles. The molecular formula is C15H14FN5S3. The molecule has 1 aromatic carbocycles. The zero-order chi connectivity index (χ0) is 17.1. The molecule has 0 radical (unpaired) electrons. The summed E-state index contributed by atoms with van der Waals surface area (Å²) in [4.78, 5) is 5.24. The highest BCUT2D eigenvalue weighted by atomic mass is 32.2. The van der Waals surface area contributed by atoms with Crippen LogP contribution in [0.3, 0.4) is 0 Å². The molecule has 0 atom stereocenters. The third-order valence-corrected chi connectivity index (χ3v) is 6.26. The summed E-state index contributed by atoms with van der Waals surface area (Å²) in [6.45, 7) is 0.